The molecule has 0 spiro atoms. The van der Waals surface area contributed by atoms with Crippen molar-refractivity contribution in [3.8, 4) is 17.6 Å². The van der Waals surface area contributed by atoms with Crippen molar-refractivity contribution >= 4 is 38.1 Å². The van der Waals surface area contributed by atoms with Crippen molar-refractivity contribution < 1.29 is 14.2 Å². The zero-order valence-electron chi connectivity index (χ0n) is 18.6. The first-order chi connectivity index (χ1) is 15.9. The highest BCUT2D eigenvalue weighted by Gasteiger charge is 2.35. The monoisotopic (exact) mass is 468 g/mol. The highest BCUT2D eigenvalue weighted by atomic mass is 32.1. The van der Waals surface area contributed by atoms with Gasteiger partial charge in [-0.25, -0.2) is 4.39 Å². The van der Waals surface area contributed by atoms with Crippen LogP contribution in [0.2, 0.25) is 0 Å². The fraction of sp³-hybridized carbons (Fsp3) is 0.417. The summed E-state index contributed by atoms with van der Waals surface area (Å²) in [5.41, 5.74) is 1.31. The molecule has 9 heteroatoms. The predicted octanol–water partition coefficient (Wildman–Crippen LogP) is 4.23. The Hall–Kier alpha value is -3.25. The van der Waals surface area contributed by atoms with Crippen LogP contribution in [0.3, 0.4) is 0 Å². The lowest BCUT2D eigenvalue weighted by molar-refractivity contribution is 0.414. The number of methoxy groups -OCH3 is 1. The molecule has 1 saturated heterocycles. The minimum atomic E-state index is -0.539. The number of hydrogen-bond acceptors (Lipinski definition) is 7. The standard InChI is InChI=1S/C24H25FN4O3S/c1-4-27-12(2)13-7-8-28(11-13)20-16(25)9-15-19(23(20)32-3)29(14-5-6-14)24-18(21(15)30)22(31)17(10-26)33-24/h9,13-14,27,31H,2,4-8,11H2,1,3H3/t13-/m1/s1. The van der Waals surface area contributed by atoms with Crippen LogP contribution in [-0.2, 0) is 0 Å². The molecule has 2 fully saturated rings. The number of hydrogen-bond donors (Lipinski definition) is 2. The second kappa shape index (κ2) is 7.96. The fourth-order valence-electron chi connectivity index (χ4n) is 4.90. The number of rotatable bonds is 6. The van der Waals surface area contributed by atoms with Crippen LogP contribution >= 0.6 is 11.3 Å². The molecule has 1 aliphatic carbocycles. The van der Waals surface area contributed by atoms with Crippen molar-refractivity contribution in [2.75, 3.05) is 31.6 Å². The Morgan fingerprint density at radius 3 is 2.85 bits per heavy atom. The van der Waals surface area contributed by atoms with E-state index in [1.165, 1.54) is 13.2 Å². The van der Waals surface area contributed by atoms with Gasteiger partial charge >= 0.3 is 0 Å². The van der Waals surface area contributed by atoms with Crippen LogP contribution in [0.1, 0.15) is 37.1 Å². The van der Waals surface area contributed by atoms with E-state index < -0.39 is 11.2 Å². The van der Waals surface area contributed by atoms with Gasteiger partial charge in [0.2, 0.25) is 5.43 Å². The molecule has 7 nitrogen and oxygen atoms in total. The topological polar surface area (TPSA) is 90.5 Å². The van der Waals surface area contributed by atoms with Gasteiger partial charge in [0.25, 0.3) is 0 Å². The number of pyridine rings is 1. The van der Waals surface area contributed by atoms with Crippen molar-refractivity contribution in [1.29, 1.82) is 5.26 Å². The van der Waals surface area contributed by atoms with Crippen LogP contribution in [0.15, 0.2) is 23.1 Å². The molecule has 0 unspecified atom stereocenters. The molecule has 0 amide bonds. The van der Waals surface area contributed by atoms with E-state index in [0.29, 0.717) is 34.9 Å². The molecule has 33 heavy (non-hydrogen) atoms. The number of nitriles is 1. The molecule has 172 valence electrons. The van der Waals surface area contributed by atoms with Crippen LogP contribution in [0.5, 0.6) is 11.5 Å². The van der Waals surface area contributed by atoms with E-state index in [2.05, 4.69) is 11.9 Å². The van der Waals surface area contributed by atoms with Crippen LogP contribution < -0.4 is 20.4 Å². The molecule has 3 heterocycles. The molecular weight excluding hydrogens is 443 g/mol. The van der Waals surface area contributed by atoms with Crippen molar-refractivity contribution in [3.05, 3.63) is 39.3 Å². The van der Waals surface area contributed by atoms with Gasteiger partial charge in [0.1, 0.15) is 26.9 Å². The van der Waals surface area contributed by atoms with E-state index in [-0.39, 0.29) is 33.4 Å². The van der Waals surface area contributed by atoms with E-state index >= 15 is 4.39 Å². The Morgan fingerprint density at radius 2 is 2.21 bits per heavy atom. The van der Waals surface area contributed by atoms with E-state index in [0.717, 1.165) is 42.8 Å². The number of ether oxygens (including phenoxy) is 1. The van der Waals surface area contributed by atoms with Gasteiger partial charge in [-0.2, -0.15) is 5.26 Å². The van der Waals surface area contributed by atoms with Crippen LogP contribution in [-0.4, -0.2) is 36.4 Å². The Balaban J connectivity index is 1.77. The lowest BCUT2D eigenvalue weighted by Gasteiger charge is -2.25. The predicted molar refractivity (Wildman–Crippen MR) is 128 cm³/mol. The summed E-state index contributed by atoms with van der Waals surface area (Å²) in [5, 5.41) is 23.4. The Bertz CT molecular complexity index is 1400. The Labute approximate surface area is 194 Å². The minimum Gasteiger partial charge on any atom is -0.505 e. The SMILES string of the molecule is C=C(NCC)[C@@H]1CCN(c2c(F)cc3c(=O)c4c(O)c(C#N)sc4n(C4CC4)c3c2OC)C1. The number of anilines is 1. The summed E-state index contributed by atoms with van der Waals surface area (Å²) in [7, 11) is 1.49. The van der Waals surface area contributed by atoms with Crippen molar-refractivity contribution in [2.24, 2.45) is 5.92 Å². The maximum Gasteiger partial charge on any atom is 0.202 e. The third-order valence-corrected chi connectivity index (χ3v) is 7.68. The largest absolute Gasteiger partial charge is 0.505 e. The smallest absolute Gasteiger partial charge is 0.202 e. The van der Waals surface area contributed by atoms with Crippen molar-refractivity contribution in [1.82, 2.24) is 9.88 Å². The first-order valence-electron chi connectivity index (χ1n) is 11.1. The molecule has 0 bridgehead atoms. The van der Waals surface area contributed by atoms with Gasteiger partial charge in [-0.1, -0.05) is 6.58 Å². The van der Waals surface area contributed by atoms with Crippen LogP contribution in [0, 0.1) is 23.1 Å². The summed E-state index contributed by atoms with van der Waals surface area (Å²) in [5.74, 6) is -0.364. The van der Waals surface area contributed by atoms with Gasteiger partial charge in [0.05, 0.1) is 18.0 Å². The highest BCUT2D eigenvalue weighted by Crippen LogP contribution is 2.48. The summed E-state index contributed by atoms with van der Waals surface area (Å²) in [4.78, 5) is 15.9. The zero-order chi connectivity index (χ0) is 23.4. The lowest BCUT2D eigenvalue weighted by Crippen LogP contribution is -2.25. The second-order valence-electron chi connectivity index (χ2n) is 8.63. The van der Waals surface area contributed by atoms with Crippen LogP contribution in [0.4, 0.5) is 10.1 Å². The molecule has 2 N–H and O–H groups in total. The van der Waals surface area contributed by atoms with Gasteiger partial charge in [0, 0.05) is 37.3 Å². The number of nitrogens with zero attached hydrogens (tertiary/aromatic N) is 3. The average Bonchev–Trinajstić information content (AvgIpc) is 3.41. The van der Waals surface area contributed by atoms with E-state index in [1.807, 2.05) is 22.5 Å². The number of halogens is 1. The van der Waals surface area contributed by atoms with Crippen molar-refractivity contribution in [3.63, 3.8) is 0 Å². The number of aromatic nitrogens is 1. The molecule has 2 aromatic heterocycles. The molecule has 1 atom stereocenters. The first kappa shape index (κ1) is 21.6. The number of thiophene rings is 1. The molecule has 0 radical (unpaired) electrons. The minimum absolute atomic E-state index is 0.0772. The molecule has 1 aromatic carbocycles. The first-order valence-corrected chi connectivity index (χ1v) is 11.9. The lowest BCUT2D eigenvalue weighted by atomic mass is 10.1. The van der Waals surface area contributed by atoms with Gasteiger partial charge < -0.3 is 24.6 Å². The summed E-state index contributed by atoms with van der Waals surface area (Å²) in [6.45, 7) is 8.16. The Morgan fingerprint density at radius 1 is 1.45 bits per heavy atom. The third kappa shape index (κ3) is 3.23. The molecule has 5 rings (SSSR count). The van der Waals surface area contributed by atoms with E-state index in [1.54, 1.807) is 0 Å². The van der Waals surface area contributed by atoms with Gasteiger partial charge in [0.15, 0.2) is 17.3 Å². The summed E-state index contributed by atoms with van der Waals surface area (Å²) in [6.07, 6.45) is 2.64. The number of nitrogens with one attached hydrogen (secondary N) is 1. The number of benzene rings is 1. The number of fused-ring (bicyclic) bond motifs is 2. The van der Waals surface area contributed by atoms with Crippen LogP contribution in [0.25, 0.3) is 21.1 Å². The fourth-order valence-corrected chi connectivity index (χ4v) is 5.97. The van der Waals surface area contributed by atoms with Gasteiger partial charge in [-0.3, -0.25) is 4.79 Å². The number of aromatic hydroxyl groups is 1. The van der Waals surface area contributed by atoms with Gasteiger partial charge in [-0.15, -0.1) is 11.3 Å². The molecule has 1 saturated carbocycles. The third-order valence-electron chi connectivity index (χ3n) is 6.60. The quantitative estimate of drug-likeness (QED) is 0.563. The maximum atomic E-state index is 15.6. The molecule has 3 aromatic rings. The summed E-state index contributed by atoms with van der Waals surface area (Å²) < 4.78 is 23.3. The normalized spacial score (nSPS) is 18.1. The van der Waals surface area contributed by atoms with E-state index in [9.17, 15) is 15.2 Å². The average molecular weight is 469 g/mol. The molecule has 1 aliphatic heterocycles. The second-order valence-corrected chi connectivity index (χ2v) is 9.62. The van der Waals surface area contributed by atoms with Gasteiger partial charge in [-0.05, 0) is 32.3 Å². The zero-order valence-corrected chi connectivity index (χ0v) is 19.4. The summed E-state index contributed by atoms with van der Waals surface area (Å²) >= 11 is 1.09. The highest BCUT2D eigenvalue weighted by molar-refractivity contribution is 7.19. The molecular formula is C24H25FN4O3S. The van der Waals surface area contributed by atoms with E-state index in [4.69, 9.17) is 4.74 Å². The maximum absolute atomic E-state index is 15.6. The Kier molecular flexibility index (Phi) is 5.20. The van der Waals surface area contributed by atoms with Crippen molar-refractivity contribution in [2.45, 2.75) is 32.2 Å². The summed E-state index contributed by atoms with van der Waals surface area (Å²) in [6, 6.07) is 3.32. The molecule has 2 aliphatic rings.